The van der Waals surface area contributed by atoms with Gasteiger partial charge in [0.25, 0.3) is 0 Å². The monoisotopic (exact) mass is 166 g/mol. The van der Waals surface area contributed by atoms with Gasteiger partial charge < -0.3 is 11.1 Å². The van der Waals surface area contributed by atoms with Crippen LogP contribution in [-0.2, 0) is 4.79 Å². The summed E-state index contributed by atoms with van der Waals surface area (Å²) in [7, 11) is 0. The summed E-state index contributed by atoms with van der Waals surface area (Å²) in [5.74, 6) is 0.0848. The van der Waals surface area contributed by atoms with Gasteiger partial charge >= 0.3 is 0 Å². The highest BCUT2D eigenvalue weighted by Gasteiger charge is 2.95. The fourth-order valence-corrected chi connectivity index (χ4v) is 3.53. The zero-order valence-electron chi connectivity index (χ0n) is 7.31. The summed E-state index contributed by atoms with van der Waals surface area (Å²) in [6.07, 6.45) is 3.61. The maximum Gasteiger partial charge on any atom is 0.216 e. The van der Waals surface area contributed by atoms with E-state index in [4.69, 9.17) is 5.73 Å². The Morgan fingerprint density at radius 1 is 1.50 bits per heavy atom. The molecule has 0 aromatic heterocycles. The standard InChI is InChI=1S/C9H14N2O/c1-6(12)11-5-7-2-8(7)4-9(8,10)3-7/h2-5,10H2,1H3,(H,11,12). The zero-order valence-corrected chi connectivity index (χ0v) is 7.31. The van der Waals surface area contributed by atoms with Gasteiger partial charge in [0.15, 0.2) is 0 Å². The van der Waals surface area contributed by atoms with Gasteiger partial charge in [-0.15, -0.1) is 0 Å². The van der Waals surface area contributed by atoms with Crippen molar-refractivity contribution in [1.29, 1.82) is 0 Å². The summed E-state index contributed by atoms with van der Waals surface area (Å²) >= 11 is 0. The number of amides is 1. The lowest BCUT2D eigenvalue weighted by Crippen LogP contribution is -2.44. The van der Waals surface area contributed by atoms with Gasteiger partial charge in [0.2, 0.25) is 5.91 Å². The first kappa shape index (κ1) is 6.89. The number of rotatable bonds is 2. The van der Waals surface area contributed by atoms with Crippen molar-refractivity contribution in [2.45, 2.75) is 31.7 Å². The van der Waals surface area contributed by atoms with E-state index in [1.54, 1.807) is 6.92 Å². The third kappa shape index (κ3) is 0.478. The van der Waals surface area contributed by atoms with Crippen molar-refractivity contribution in [1.82, 2.24) is 5.32 Å². The molecular formula is C9H14N2O. The van der Waals surface area contributed by atoms with Crippen molar-refractivity contribution in [3.8, 4) is 0 Å². The van der Waals surface area contributed by atoms with Crippen LogP contribution < -0.4 is 11.1 Å². The minimum absolute atomic E-state index is 0.0848. The fourth-order valence-electron chi connectivity index (χ4n) is 3.53. The molecule has 3 aliphatic carbocycles. The van der Waals surface area contributed by atoms with E-state index in [0.29, 0.717) is 10.8 Å². The quantitative estimate of drug-likeness (QED) is 0.607. The molecule has 0 aliphatic heterocycles. The molecule has 0 saturated heterocycles. The molecule has 0 radical (unpaired) electrons. The Balaban J connectivity index is 1.65. The molecule has 3 nitrogen and oxygen atoms in total. The molecule has 0 bridgehead atoms. The van der Waals surface area contributed by atoms with Crippen LogP contribution in [0.3, 0.4) is 0 Å². The third-order valence-corrected chi connectivity index (χ3v) is 4.31. The number of carbonyl (C=O) groups is 1. The Morgan fingerprint density at radius 3 is 2.58 bits per heavy atom. The Hall–Kier alpha value is -0.570. The molecule has 1 amide bonds. The van der Waals surface area contributed by atoms with Gasteiger partial charge in [-0.1, -0.05) is 0 Å². The maximum absolute atomic E-state index is 10.7. The lowest BCUT2D eigenvalue weighted by molar-refractivity contribution is -0.119. The predicted molar refractivity (Wildman–Crippen MR) is 44.3 cm³/mol. The van der Waals surface area contributed by atoms with Gasteiger partial charge in [-0.2, -0.15) is 0 Å². The van der Waals surface area contributed by atoms with E-state index in [2.05, 4.69) is 5.32 Å². The smallest absolute Gasteiger partial charge is 0.216 e. The molecule has 3 saturated carbocycles. The van der Waals surface area contributed by atoms with Crippen LogP contribution in [-0.4, -0.2) is 18.0 Å². The number of nitrogens with two attached hydrogens (primary N) is 1. The number of hydrogen-bond donors (Lipinski definition) is 2. The molecule has 12 heavy (non-hydrogen) atoms. The third-order valence-electron chi connectivity index (χ3n) is 4.31. The molecule has 3 N–H and O–H groups in total. The molecule has 3 fully saturated rings. The van der Waals surface area contributed by atoms with Crippen molar-refractivity contribution < 1.29 is 4.79 Å². The summed E-state index contributed by atoms with van der Waals surface area (Å²) in [5.41, 5.74) is 7.18. The Kier molecular flexibility index (Phi) is 0.824. The maximum atomic E-state index is 10.7. The average Bonchev–Trinajstić information content (AvgIpc) is 2.67. The molecule has 66 valence electrons. The van der Waals surface area contributed by atoms with Crippen LogP contribution in [0.1, 0.15) is 26.2 Å². The highest BCUT2D eigenvalue weighted by molar-refractivity contribution is 5.73. The molecule has 0 heterocycles. The summed E-state index contributed by atoms with van der Waals surface area (Å²) in [6, 6.07) is 0. The molecule has 0 aromatic rings. The van der Waals surface area contributed by atoms with Crippen LogP contribution in [0.15, 0.2) is 0 Å². The fraction of sp³-hybridized carbons (Fsp3) is 0.889. The SMILES string of the molecule is CC(=O)NCC12CC3(N)CC31C2. The Bertz CT molecular complexity index is 290. The van der Waals surface area contributed by atoms with Crippen LogP contribution in [0.25, 0.3) is 0 Å². The number of carbonyl (C=O) groups excluding carboxylic acids is 1. The summed E-state index contributed by atoms with van der Waals surface area (Å²) < 4.78 is 0. The highest BCUT2D eigenvalue weighted by atomic mass is 16.1. The largest absolute Gasteiger partial charge is 0.356 e. The number of nitrogens with one attached hydrogen (secondary N) is 1. The van der Waals surface area contributed by atoms with Gasteiger partial charge in [0.1, 0.15) is 0 Å². The van der Waals surface area contributed by atoms with Crippen molar-refractivity contribution in [3.63, 3.8) is 0 Å². The van der Waals surface area contributed by atoms with E-state index in [-0.39, 0.29) is 11.4 Å². The van der Waals surface area contributed by atoms with Crippen molar-refractivity contribution in [2.24, 2.45) is 16.6 Å². The topological polar surface area (TPSA) is 55.1 Å². The molecule has 1 spiro atoms. The Morgan fingerprint density at radius 2 is 2.25 bits per heavy atom. The second-order valence-electron chi connectivity index (χ2n) is 4.96. The lowest BCUT2D eigenvalue weighted by Gasteiger charge is -2.31. The van der Waals surface area contributed by atoms with E-state index in [9.17, 15) is 4.79 Å². The van der Waals surface area contributed by atoms with Gasteiger partial charge in [-0.25, -0.2) is 0 Å². The molecule has 3 aliphatic rings. The predicted octanol–water partition coefficient (Wildman–Crippen LogP) is 0.00390. The van der Waals surface area contributed by atoms with Crippen LogP contribution in [0, 0.1) is 10.8 Å². The highest BCUT2D eigenvalue weighted by Crippen LogP contribution is 2.94. The van der Waals surface area contributed by atoms with Gasteiger partial charge in [-0.05, 0) is 30.1 Å². The van der Waals surface area contributed by atoms with E-state index in [0.717, 1.165) is 13.0 Å². The Labute approximate surface area is 71.7 Å². The van der Waals surface area contributed by atoms with Gasteiger partial charge in [0, 0.05) is 19.0 Å². The first-order valence-corrected chi connectivity index (χ1v) is 4.57. The van der Waals surface area contributed by atoms with Crippen LogP contribution in [0.2, 0.25) is 0 Å². The first-order chi connectivity index (χ1) is 5.54. The van der Waals surface area contributed by atoms with Crippen LogP contribution in [0.5, 0.6) is 0 Å². The van der Waals surface area contributed by atoms with Crippen molar-refractivity contribution in [2.75, 3.05) is 6.54 Å². The minimum atomic E-state index is 0.0848. The van der Waals surface area contributed by atoms with Crippen molar-refractivity contribution in [3.05, 3.63) is 0 Å². The second kappa shape index (κ2) is 1.43. The molecule has 0 aromatic carbocycles. The zero-order chi connectivity index (χ0) is 8.61. The van der Waals surface area contributed by atoms with Crippen molar-refractivity contribution >= 4 is 5.91 Å². The molecule has 3 atom stereocenters. The minimum Gasteiger partial charge on any atom is -0.356 e. The normalized spacial score (nSPS) is 57.8. The summed E-state index contributed by atoms with van der Waals surface area (Å²) in [4.78, 5) is 10.7. The molecule has 3 unspecified atom stereocenters. The first-order valence-electron chi connectivity index (χ1n) is 4.57. The average molecular weight is 166 g/mol. The van der Waals surface area contributed by atoms with E-state index in [1.165, 1.54) is 12.8 Å². The molecular weight excluding hydrogens is 152 g/mol. The number of hydrogen-bond acceptors (Lipinski definition) is 2. The second-order valence-corrected chi connectivity index (χ2v) is 4.96. The lowest BCUT2D eigenvalue weighted by atomic mass is 9.80. The molecule has 3 heteroatoms. The summed E-state index contributed by atoms with van der Waals surface area (Å²) in [5, 5.41) is 2.90. The van der Waals surface area contributed by atoms with Crippen LogP contribution >= 0.6 is 0 Å². The molecule has 3 rings (SSSR count). The van der Waals surface area contributed by atoms with Gasteiger partial charge in [-0.3, -0.25) is 4.79 Å². The van der Waals surface area contributed by atoms with E-state index < -0.39 is 0 Å². The van der Waals surface area contributed by atoms with Crippen LogP contribution in [0.4, 0.5) is 0 Å². The van der Waals surface area contributed by atoms with E-state index >= 15 is 0 Å². The van der Waals surface area contributed by atoms with Gasteiger partial charge in [0.05, 0.1) is 0 Å². The van der Waals surface area contributed by atoms with E-state index in [1.807, 2.05) is 0 Å². The summed E-state index contributed by atoms with van der Waals surface area (Å²) in [6.45, 7) is 2.44.